The lowest BCUT2D eigenvalue weighted by atomic mass is 10.0. The maximum atomic E-state index is 11.6. The molecule has 1 heteroatoms. The van der Waals surface area contributed by atoms with Gasteiger partial charge in [0.15, 0.2) is 5.78 Å². The fourth-order valence-corrected chi connectivity index (χ4v) is 2.08. The Balaban J connectivity index is 2.45. The zero-order valence-electron chi connectivity index (χ0n) is 9.68. The van der Waals surface area contributed by atoms with Crippen LogP contribution >= 0.6 is 0 Å². The van der Waals surface area contributed by atoms with E-state index in [1.807, 2.05) is 0 Å². The minimum absolute atomic E-state index is 0.403. The van der Waals surface area contributed by atoms with E-state index in [1.54, 1.807) is 0 Å². The Morgan fingerprint density at radius 1 is 1.50 bits per heavy atom. The van der Waals surface area contributed by atoms with Gasteiger partial charge >= 0.3 is 0 Å². The van der Waals surface area contributed by atoms with E-state index < -0.39 is 0 Å². The molecule has 0 radical (unpaired) electrons. The molecular weight excluding hydrogens is 172 g/mol. The van der Waals surface area contributed by atoms with Crippen molar-refractivity contribution in [3.63, 3.8) is 0 Å². The second-order valence-corrected chi connectivity index (χ2v) is 4.82. The number of carbonyl (C=O) groups excluding carboxylic acids is 1. The van der Waals surface area contributed by atoms with Crippen molar-refractivity contribution in [2.75, 3.05) is 0 Å². The molecule has 0 saturated heterocycles. The van der Waals surface area contributed by atoms with Crippen LogP contribution in [0.2, 0.25) is 0 Å². The van der Waals surface area contributed by atoms with Crippen molar-refractivity contribution >= 4 is 5.78 Å². The number of rotatable bonds is 5. The quantitative estimate of drug-likeness (QED) is 0.651. The van der Waals surface area contributed by atoms with Crippen LogP contribution in [0.4, 0.5) is 0 Å². The van der Waals surface area contributed by atoms with Gasteiger partial charge in [-0.1, -0.05) is 39.7 Å². The summed E-state index contributed by atoms with van der Waals surface area (Å²) < 4.78 is 0. The largest absolute Gasteiger partial charge is 0.295 e. The SMILES string of the molecule is CCCCC1C=C(CC(C)C)C(=O)C1. The van der Waals surface area contributed by atoms with E-state index in [9.17, 15) is 4.79 Å². The molecule has 0 aliphatic heterocycles. The molecule has 1 rings (SSSR count). The van der Waals surface area contributed by atoms with Crippen LogP contribution in [0, 0.1) is 11.8 Å². The van der Waals surface area contributed by atoms with Gasteiger partial charge in [-0.25, -0.2) is 0 Å². The summed E-state index contributed by atoms with van der Waals surface area (Å²) in [5.41, 5.74) is 1.10. The molecule has 14 heavy (non-hydrogen) atoms. The van der Waals surface area contributed by atoms with Crippen LogP contribution in [0.25, 0.3) is 0 Å². The number of Topliss-reactive ketones (excluding diaryl/α,β-unsaturated/α-hetero) is 1. The first-order valence-corrected chi connectivity index (χ1v) is 5.87. The second kappa shape index (κ2) is 5.33. The second-order valence-electron chi connectivity index (χ2n) is 4.82. The van der Waals surface area contributed by atoms with Gasteiger partial charge in [0.2, 0.25) is 0 Å². The van der Waals surface area contributed by atoms with Gasteiger partial charge in [-0.2, -0.15) is 0 Å². The first-order valence-electron chi connectivity index (χ1n) is 5.87. The van der Waals surface area contributed by atoms with Crippen molar-refractivity contribution in [1.82, 2.24) is 0 Å². The van der Waals surface area contributed by atoms with E-state index >= 15 is 0 Å². The smallest absolute Gasteiger partial charge is 0.159 e. The molecule has 0 aromatic heterocycles. The molecule has 1 unspecified atom stereocenters. The molecule has 0 saturated carbocycles. The van der Waals surface area contributed by atoms with Crippen LogP contribution in [-0.2, 0) is 4.79 Å². The number of hydrogen-bond donors (Lipinski definition) is 0. The van der Waals surface area contributed by atoms with Gasteiger partial charge in [-0.15, -0.1) is 0 Å². The average Bonchev–Trinajstić information content (AvgIpc) is 2.43. The van der Waals surface area contributed by atoms with Crippen LogP contribution in [0.1, 0.15) is 52.9 Å². The highest BCUT2D eigenvalue weighted by Gasteiger charge is 2.23. The number of hydrogen-bond acceptors (Lipinski definition) is 1. The highest BCUT2D eigenvalue weighted by molar-refractivity contribution is 5.97. The Morgan fingerprint density at radius 3 is 2.79 bits per heavy atom. The van der Waals surface area contributed by atoms with Crippen LogP contribution in [0.3, 0.4) is 0 Å². The van der Waals surface area contributed by atoms with Crippen molar-refractivity contribution in [1.29, 1.82) is 0 Å². The van der Waals surface area contributed by atoms with E-state index in [0.29, 0.717) is 17.6 Å². The number of allylic oxidation sites excluding steroid dienone is 2. The molecule has 0 aromatic carbocycles. The van der Waals surface area contributed by atoms with Crippen LogP contribution in [-0.4, -0.2) is 5.78 Å². The highest BCUT2D eigenvalue weighted by atomic mass is 16.1. The van der Waals surface area contributed by atoms with E-state index in [-0.39, 0.29) is 0 Å². The summed E-state index contributed by atoms with van der Waals surface area (Å²) in [7, 11) is 0. The summed E-state index contributed by atoms with van der Waals surface area (Å²) in [5.74, 6) is 1.56. The van der Waals surface area contributed by atoms with E-state index in [1.165, 1.54) is 19.3 Å². The minimum Gasteiger partial charge on any atom is -0.295 e. The average molecular weight is 194 g/mol. The molecule has 0 aromatic rings. The molecule has 0 fully saturated rings. The maximum absolute atomic E-state index is 11.6. The molecule has 0 N–H and O–H groups in total. The summed E-state index contributed by atoms with van der Waals surface area (Å²) >= 11 is 0. The summed E-state index contributed by atoms with van der Waals surface area (Å²) in [5, 5.41) is 0. The first-order chi connectivity index (χ1) is 6.63. The summed E-state index contributed by atoms with van der Waals surface area (Å²) in [4.78, 5) is 11.6. The zero-order chi connectivity index (χ0) is 10.6. The molecule has 0 bridgehead atoms. The Hall–Kier alpha value is -0.590. The molecule has 0 amide bonds. The molecular formula is C13H22O. The van der Waals surface area contributed by atoms with Crippen LogP contribution in [0.5, 0.6) is 0 Å². The predicted molar refractivity (Wildman–Crippen MR) is 60.2 cm³/mol. The monoisotopic (exact) mass is 194 g/mol. The molecule has 1 nitrogen and oxygen atoms in total. The Morgan fingerprint density at radius 2 is 2.21 bits per heavy atom. The minimum atomic E-state index is 0.403. The van der Waals surface area contributed by atoms with Gasteiger partial charge in [-0.05, 0) is 30.3 Å². The van der Waals surface area contributed by atoms with Crippen molar-refractivity contribution in [3.8, 4) is 0 Å². The molecule has 0 heterocycles. The fraction of sp³-hybridized carbons (Fsp3) is 0.769. The molecule has 1 aliphatic rings. The normalized spacial score (nSPS) is 21.9. The molecule has 0 spiro atoms. The first kappa shape index (κ1) is 11.5. The number of carbonyl (C=O) groups is 1. The molecule has 80 valence electrons. The Bertz CT molecular complexity index is 225. The van der Waals surface area contributed by atoms with Gasteiger partial charge < -0.3 is 0 Å². The Kier molecular flexibility index (Phi) is 4.37. The number of unbranched alkanes of at least 4 members (excludes halogenated alkanes) is 1. The van der Waals surface area contributed by atoms with Gasteiger partial charge in [-0.3, -0.25) is 4.79 Å². The van der Waals surface area contributed by atoms with Crippen LogP contribution < -0.4 is 0 Å². The Labute approximate surface area is 87.6 Å². The van der Waals surface area contributed by atoms with Crippen LogP contribution in [0.15, 0.2) is 11.6 Å². The van der Waals surface area contributed by atoms with Crippen molar-refractivity contribution in [3.05, 3.63) is 11.6 Å². The fourth-order valence-electron chi connectivity index (χ4n) is 2.08. The van der Waals surface area contributed by atoms with E-state index in [0.717, 1.165) is 18.4 Å². The topological polar surface area (TPSA) is 17.1 Å². The van der Waals surface area contributed by atoms with Crippen molar-refractivity contribution < 1.29 is 4.79 Å². The standard InChI is InChI=1S/C13H22O/c1-4-5-6-11-8-12(7-10(2)3)13(14)9-11/h8,10-11H,4-7,9H2,1-3H3. The maximum Gasteiger partial charge on any atom is 0.159 e. The van der Waals surface area contributed by atoms with E-state index in [4.69, 9.17) is 0 Å². The van der Waals surface area contributed by atoms with Gasteiger partial charge in [0.05, 0.1) is 0 Å². The van der Waals surface area contributed by atoms with Gasteiger partial charge in [0.25, 0.3) is 0 Å². The van der Waals surface area contributed by atoms with Crippen molar-refractivity contribution in [2.24, 2.45) is 11.8 Å². The third-order valence-corrected chi connectivity index (χ3v) is 2.80. The summed E-state index contributed by atoms with van der Waals surface area (Å²) in [6.07, 6.45) is 7.67. The lowest BCUT2D eigenvalue weighted by Crippen LogP contribution is -2.00. The third kappa shape index (κ3) is 3.28. The van der Waals surface area contributed by atoms with Crippen molar-refractivity contribution in [2.45, 2.75) is 52.9 Å². The summed E-state index contributed by atoms with van der Waals surface area (Å²) in [6, 6.07) is 0. The number of ketones is 1. The van der Waals surface area contributed by atoms with Gasteiger partial charge in [0, 0.05) is 6.42 Å². The molecule has 1 aliphatic carbocycles. The summed E-state index contributed by atoms with van der Waals surface area (Å²) in [6.45, 7) is 6.55. The predicted octanol–water partition coefficient (Wildman–Crippen LogP) is 3.74. The van der Waals surface area contributed by atoms with E-state index in [2.05, 4.69) is 26.8 Å². The lowest BCUT2D eigenvalue weighted by Gasteiger charge is -2.03. The zero-order valence-corrected chi connectivity index (χ0v) is 9.68. The van der Waals surface area contributed by atoms with Gasteiger partial charge in [0.1, 0.15) is 0 Å². The highest BCUT2D eigenvalue weighted by Crippen LogP contribution is 2.28. The lowest BCUT2D eigenvalue weighted by molar-refractivity contribution is -0.115. The molecule has 1 atom stereocenters. The third-order valence-electron chi connectivity index (χ3n) is 2.80.